The molecule has 2 aliphatic heterocycles. The lowest BCUT2D eigenvalue weighted by Crippen LogP contribution is -2.43. The summed E-state index contributed by atoms with van der Waals surface area (Å²) in [5, 5.41) is 12.0. The van der Waals surface area contributed by atoms with Crippen molar-refractivity contribution in [1.29, 1.82) is 0 Å². The predicted octanol–water partition coefficient (Wildman–Crippen LogP) is 3.13. The second kappa shape index (κ2) is 3.90. The minimum absolute atomic E-state index is 0.476. The zero-order chi connectivity index (χ0) is 10.2. The Kier molecular flexibility index (Phi) is 2.94. The Morgan fingerprint density at radius 2 is 1.93 bits per heavy atom. The first-order valence-electron chi connectivity index (χ1n) is 5.65. The molecule has 2 atom stereocenters. The number of fused-ring (bicyclic) bond motifs is 2. The molecular weight excluding hydrogens is 192 g/mol. The number of thioether (sulfide) groups is 1. The molecule has 2 fully saturated rings. The summed E-state index contributed by atoms with van der Waals surface area (Å²) in [5.74, 6) is 0. The number of hydrogen-bond donors (Lipinski definition) is 1. The van der Waals surface area contributed by atoms with Crippen LogP contribution in [0.2, 0.25) is 0 Å². The highest BCUT2D eigenvalue weighted by atomic mass is 32.2. The average molecular weight is 212 g/mol. The first-order chi connectivity index (χ1) is 6.64. The fourth-order valence-electron chi connectivity index (χ4n) is 2.71. The average Bonchev–Trinajstić information content (AvgIpc) is 2.15. The van der Waals surface area contributed by atoms with Crippen molar-refractivity contribution in [2.24, 2.45) is 0 Å². The molecule has 0 radical (unpaired) electrons. The molecule has 80 valence electrons. The molecular formula is C12H20OS. The fraction of sp³-hybridized carbons (Fsp3) is 0.833. The van der Waals surface area contributed by atoms with Crippen LogP contribution in [-0.2, 0) is 0 Å². The van der Waals surface area contributed by atoms with Crippen LogP contribution in [0.1, 0.15) is 46.0 Å². The van der Waals surface area contributed by atoms with Crippen molar-refractivity contribution in [3.8, 4) is 0 Å². The lowest BCUT2D eigenvalue weighted by atomic mass is 9.81. The lowest BCUT2D eigenvalue weighted by Gasteiger charge is -2.44. The number of aliphatic hydroxyl groups is 1. The van der Waals surface area contributed by atoms with E-state index in [4.69, 9.17) is 0 Å². The fourth-order valence-corrected chi connectivity index (χ4v) is 4.60. The van der Waals surface area contributed by atoms with Gasteiger partial charge in [0.25, 0.3) is 0 Å². The van der Waals surface area contributed by atoms with Gasteiger partial charge in [-0.1, -0.05) is 12.5 Å². The van der Waals surface area contributed by atoms with E-state index in [1.54, 1.807) is 0 Å². The van der Waals surface area contributed by atoms with Gasteiger partial charge in [-0.3, -0.25) is 0 Å². The van der Waals surface area contributed by atoms with E-state index in [1.165, 1.54) is 24.8 Å². The topological polar surface area (TPSA) is 20.2 Å². The summed E-state index contributed by atoms with van der Waals surface area (Å²) in [6.45, 7) is 4.11. The van der Waals surface area contributed by atoms with Crippen LogP contribution in [0.5, 0.6) is 0 Å². The third kappa shape index (κ3) is 1.87. The van der Waals surface area contributed by atoms with E-state index in [0.29, 0.717) is 10.5 Å². The van der Waals surface area contributed by atoms with Gasteiger partial charge in [-0.05, 0) is 45.1 Å². The highest BCUT2D eigenvalue weighted by Gasteiger charge is 2.41. The molecule has 0 spiro atoms. The molecule has 2 aliphatic rings. The maximum absolute atomic E-state index is 10.6. The largest absolute Gasteiger partial charge is 0.385 e. The van der Waals surface area contributed by atoms with Gasteiger partial charge in [-0.2, -0.15) is 11.8 Å². The van der Waals surface area contributed by atoms with E-state index >= 15 is 0 Å². The van der Waals surface area contributed by atoms with Crippen molar-refractivity contribution >= 4 is 11.8 Å². The molecule has 2 unspecified atom stereocenters. The Balaban J connectivity index is 2.14. The Bertz CT molecular complexity index is 235. The minimum atomic E-state index is -0.476. The van der Waals surface area contributed by atoms with Crippen molar-refractivity contribution in [2.75, 3.05) is 0 Å². The highest BCUT2D eigenvalue weighted by molar-refractivity contribution is 8.00. The summed E-state index contributed by atoms with van der Waals surface area (Å²) in [7, 11) is 0. The lowest BCUT2D eigenvalue weighted by molar-refractivity contribution is 0.0484. The summed E-state index contributed by atoms with van der Waals surface area (Å²) in [6.07, 6.45) is 8.01. The van der Waals surface area contributed by atoms with Crippen LogP contribution in [0.25, 0.3) is 0 Å². The predicted molar refractivity (Wildman–Crippen MR) is 62.6 cm³/mol. The smallest absolute Gasteiger partial charge is 0.0875 e. The number of allylic oxidation sites excluding steroid dienone is 1. The standard InChI is InChI=1S/C12H20OS/c1-3-9(2)12(13)7-10-5-4-6-11(8-12)14-10/h3,10-11,13H,4-8H2,1-2H3. The monoisotopic (exact) mass is 212 g/mol. The van der Waals surface area contributed by atoms with Crippen LogP contribution in [0, 0.1) is 0 Å². The van der Waals surface area contributed by atoms with Gasteiger partial charge >= 0.3 is 0 Å². The van der Waals surface area contributed by atoms with Crippen LogP contribution >= 0.6 is 11.8 Å². The quantitative estimate of drug-likeness (QED) is 0.674. The maximum atomic E-state index is 10.6. The second-order valence-corrected chi connectivity index (χ2v) is 6.33. The van der Waals surface area contributed by atoms with E-state index in [-0.39, 0.29) is 0 Å². The van der Waals surface area contributed by atoms with Crippen LogP contribution in [0.3, 0.4) is 0 Å². The minimum Gasteiger partial charge on any atom is -0.385 e. The Labute approximate surface area is 91.0 Å². The van der Waals surface area contributed by atoms with Crippen molar-refractivity contribution in [1.82, 2.24) is 0 Å². The van der Waals surface area contributed by atoms with Crippen LogP contribution < -0.4 is 0 Å². The van der Waals surface area contributed by atoms with Gasteiger partial charge < -0.3 is 5.11 Å². The highest BCUT2D eigenvalue weighted by Crippen LogP contribution is 2.47. The van der Waals surface area contributed by atoms with Gasteiger partial charge in [-0.15, -0.1) is 0 Å². The summed E-state index contributed by atoms with van der Waals surface area (Å²) in [6, 6.07) is 0. The molecule has 0 aromatic carbocycles. The molecule has 0 saturated carbocycles. The first kappa shape index (κ1) is 10.6. The van der Waals surface area contributed by atoms with Crippen molar-refractivity contribution in [3.05, 3.63) is 11.6 Å². The number of hydrogen-bond acceptors (Lipinski definition) is 2. The van der Waals surface area contributed by atoms with Gasteiger partial charge in [0.15, 0.2) is 0 Å². The molecule has 0 amide bonds. The van der Waals surface area contributed by atoms with Gasteiger partial charge in [0.1, 0.15) is 0 Å². The van der Waals surface area contributed by atoms with E-state index in [9.17, 15) is 5.11 Å². The van der Waals surface area contributed by atoms with E-state index in [1.807, 2.05) is 6.92 Å². The van der Waals surface area contributed by atoms with Gasteiger partial charge in [0.2, 0.25) is 0 Å². The van der Waals surface area contributed by atoms with Crippen molar-refractivity contribution in [3.63, 3.8) is 0 Å². The van der Waals surface area contributed by atoms with Gasteiger partial charge in [-0.25, -0.2) is 0 Å². The number of rotatable bonds is 1. The van der Waals surface area contributed by atoms with Gasteiger partial charge in [0.05, 0.1) is 5.60 Å². The summed E-state index contributed by atoms with van der Waals surface area (Å²) in [4.78, 5) is 0. The Hall–Kier alpha value is 0.0500. The maximum Gasteiger partial charge on any atom is 0.0875 e. The van der Waals surface area contributed by atoms with E-state index in [2.05, 4.69) is 24.8 Å². The zero-order valence-corrected chi connectivity index (χ0v) is 9.94. The van der Waals surface area contributed by atoms with Gasteiger partial charge in [0, 0.05) is 10.5 Å². The zero-order valence-electron chi connectivity index (χ0n) is 9.12. The summed E-state index contributed by atoms with van der Waals surface area (Å²) >= 11 is 2.12. The molecule has 2 rings (SSSR count). The van der Waals surface area contributed by atoms with E-state index in [0.717, 1.165) is 12.8 Å². The molecule has 0 aromatic rings. The molecule has 2 bridgehead atoms. The van der Waals surface area contributed by atoms with Crippen molar-refractivity contribution in [2.45, 2.75) is 62.1 Å². The second-order valence-electron chi connectivity index (χ2n) is 4.72. The molecule has 0 aromatic heterocycles. The third-order valence-corrected chi connectivity index (χ3v) is 5.31. The SMILES string of the molecule is CC=C(C)C1(O)CC2CCCC(C1)S2. The van der Waals surface area contributed by atoms with Crippen LogP contribution in [0.4, 0.5) is 0 Å². The van der Waals surface area contributed by atoms with Crippen LogP contribution in [0.15, 0.2) is 11.6 Å². The Morgan fingerprint density at radius 3 is 2.43 bits per heavy atom. The molecule has 1 N–H and O–H groups in total. The normalized spacial score (nSPS) is 43.8. The molecule has 2 heterocycles. The van der Waals surface area contributed by atoms with E-state index < -0.39 is 5.60 Å². The van der Waals surface area contributed by atoms with Crippen LogP contribution in [-0.4, -0.2) is 21.2 Å². The molecule has 2 heteroatoms. The summed E-state index contributed by atoms with van der Waals surface area (Å²) in [5.41, 5.74) is 0.699. The summed E-state index contributed by atoms with van der Waals surface area (Å²) < 4.78 is 0. The molecule has 1 nitrogen and oxygen atoms in total. The molecule has 0 aliphatic carbocycles. The van der Waals surface area contributed by atoms with Crippen molar-refractivity contribution < 1.29 is 5.11 Å². The third-order valence-electron chi connectivity index (χ3n) is 3.73. The Morgan fingerprint density at radius 1 is 1.36 bits per heavy atom. The molecule has 2 saturated heterocycles. The molecule has 14 heavy (non-hydrogen) atoms. The first-order valence-corrected chi connectivity index (χ1v) is 6.59.